The maximum absolute atomic E-state index is 12.3. The van der Waals surface area contributed by atoms with Crippen LogP contribution in [0.4, 0.5) is 5.82 Å². The third-order valence-corrected chi connectivity index (χ3v) is 4.31. The summed E-state index contributed by atoms with van der Waals surface area (Å²) < 4.78 is 5.17. The van der Waals surface area contributed by atoms with Gasteiger partial charge in [-0.15, -0.1) is 0 Å². The summed E-state index contributed by atoms with van der Waals surface area (Å²) in [5.74, 6) is 0.171. The monoisotopic (exact) mass is 370 g/mol. The van der Waals surface area contributed by atoms with Crippen LogP contribution < -0.4 is 10.6 Å². The predicted octanol–water partition coefficient (Wildman–Crippen LogP) is 3.02. The van der Waals surface area contributed by atoms with Gasteiger partial charge in [0.05, 0.1) is 12.3 Å². The molecule has 0 saturated carbocycles. The van der Waals surface area contributed by atoms with Crippen molar-refractivity contribution < 1.29 is 9.53 Å². The van der Waals surface area contributed by atoms with Crippen molar-refractivity contribution in [3.63, 3.8) is 0 Å². The van der Waals surface area contributed by atoms with Gasteiger partial charge >= 0.3 is 5.97 Å². The molecule has 0 aliphatic carbocycles. The lowest BCUT2D eigenvalue weighted by Crippen LogP contribution is -2.16. The van der Waals surface area contributed by atoms with Gasteiger partial charge in [0.1, 0.15) is 17.7 Å². The van der Waals surface area contributed by atoms with Gasteiger partial charge in [-0.05, 0) is 50.4 Å². The second-order valence-corrected chi connectivity index (χ2v) is 6.21. The van der Waals surface area contributed by atoms with Crippen molar-refractivity contribution in [2.75, 3.05) is 31.6 Å². The van der Waals surface area contributed by atoms with Gasteiger partial charge in [-0.25, -0.2) is 14.8 Å². The maximum Gasteiger partial charge on any atom is 0.343 e. The standard InChI is InChI=1S/C21H30N4O2/c1-4-18-19(21(26)27-6-3)20(25-15-24-18)23-14-12-17-9-7-16(8-10-17)11-13-22-5-2/h7-10,15,22H,4-6,11-14H2,1-3H3,(H,23,24,25). The minimum atomic E-state index is -0.373. The zero-order chi connectivity index (χ0) is 19.5. The van der Waals surface area contributed by atoms with E-state index in [2.05, 4.69) is 51.8 Å². The quantitative estimate of drug-likeness (QED) is 0.468. The summed E-state index contributed by atoms with van der Waals surface area (Å²) in [4.78, 5) is 20.7. The van der Waals surface area contributed by atoms with Crippen LogP contribution in [0.3, 0.4) is 0 Å². The van der Waals surface area contributed by atoms with E-state index in [4.69, 9.17) is 4.74 Å². The van der Waals surface area contributed by atoms with Crippen LogP contribution in [-0.2, 0) is 24.0 Å². The zero-order valence-corrected chi connectivity index (χ0v) is 16.5. The minimum absolute atomic E-state index is 0.330. The second-order valence-electron chi connectivity index (χ2n) is 6.21. The molecule has 0 saturated heterocycles. The van der Waals surface area contributed by atoms with Gasteiger partial charge in [-0.1, -0.05) is 38.1 Å². The number of ether oxygens (including phenoxy) is 1. The summed E-state index contributed by atoms with van der Waals surface area (Å²) in [6, 6.07) is 8.67. The molecular formula is C21H30N4O2. The highest BCUT2D eigenvalue weighted by Crippen LogP contribution is 2.17. The molecule has 0 bridgehead atoms. The van der Waals surface area contributed by atoms with Crippen LogP contribution >= 0.6 is 0 Å². The van der Waals surface area contributed by atoms with Gasteiger partial charge in [0.2, 0.25) is 0 Å². The van der Waals surface area contributed by atoms with Crippen molar-refractivity contribution in [2.24, 2.45) is 0 Å². The highest BCUT2D eigenvalue weighted by atomic mass is 16.5. The van der Waals surface area contributed by atoms with E-state index in [1.54, 1.807) is 6.92 Å². The molecule has 2 N–H and O–H groups in total. The topological polar surface area (TPSA) is 76.1 Å². The Morgan fingerprint density at radius 1 is 1.00 bits per heavy atom. The Bertz CT molecular complexity index is 717. The normalized spacial score (nSPS) is 10.6. The van der Waals surface area contributed by atoms with Crippen LogP contribution in [-0.4, -0.2) is 42.2 Å². The van der Waals surface area contributed by atoms with E-state index in [-0.39, 0.29) is 5.97 Å². The summed E-state index contributed by atoms with van der Waals surface area (Å²) in [5, 5.41) is 6.61. The van der Waals surface area contributed by atoms with Crippen LogP contribution in [0.25, 0.3) is 0 Å². The molecule has 0 atom stereocenters. The van der Waals surface area contributed by atoms with Gasteiger partial charge in [0.25, 0.3) is 0 Å². The highest BCUT2D eigenvalue weighted by molar-refractivity contribution is 5.95. The van der Waals surface area contributed by atoms with E-state index in [1.807, 2.05) is 6.92 Å². The first-order chi connectivity index (χ1) is 13.2. The Kier molecular flexibility index (Phi) is 8.71. The first-order valence-corrected chi connectivity index (χ1v) is 9.72. The fourth-order valence-corrected chi connectivity index (χ4v) is 2.85. The molecule has 0 aliphatic rings. The van der Waals surface area contributed by atoms with Gasteiger partial charge < -0.3 is 15.4 Å². The Hall–Kier alpha value is -2.47. The van der Waals surface area contributed by atoms with Gasteiger partial charge in [-0.2, -0.15) is 0 Å². The lowest BCUT2D eigenvalue weighted by Gasteiger charge is -2.13. The number of carbonyl (C=O) groups is 1. The third-order valence-electron chi connectivity index (χ3n) is 4.31. The molecule has 1 aromatic heterocycles. The molecule has 0 unspecified atom stereocenters. The summed E-state index contributed by atoms with van der Waals surface area (Å²) in [6.07, 6.45) is 4.03. The molecule has 27 heavy (non-hydrogen) atoms. The third kappa shape index (κ3) is 6.32. The van der Waals surface area contributed by atoms with Crippen LogP contribution in [0, 0.1) is 0 Å². The summed E-state index contributed by atoms with van der Waals surface area (Å²) in [6.45, 7) is 8.89. The Labute approximate surface area is 161 Å². The molecule has 1 heterocycles. The fraction of sp³-hybridized carbons (Fsp3) is 0.476. The van der Waals surface area contributed by atoms with Gasteiger partial charge in [0, 0.05) is 6.54 Å². The molecule has 146 valence electrons. The molecule has 0 spiro atoms. The SMILES string of the molecule is CCNCCc1ccc(CCNc2ncnc(CC)c2C(=O)OCC)cc1. The van der Waals surface area contributed by atoms with Crippen LogP contribution in [0.15, 0.2) is 30.6 Å². The largest absolute Gasteiger partial charge is 0.462 e. The van der Waals surface area contributed by atoms with E-state index in [0.29, 0.717) is 36.6 Å². The number of anilines is 1. The molecule has 2 aromatic rings. The van der Waals surface area contributed by atoms with Crippen molar-refractivity contribution in [2.45, 2.75) is 40.0 Å². The molecule has 0 fully saturated rings. The summed E-state index contributed by atoms with van der Waals surface area (Å²) in [5.41, 5.74) is 3.73. The molecule has 1 aromatic carbocycles. The fourth-order valence-electron chi connectivity index (χ4n) is 2.85. The Balaban J connectivity index is 1.95. The van der Waals surface area contributed by atoms with E-state index >= 15 is 0 Å². The average Bonchev–Trinajstić information content (AvgIpc) is 2.69. The molecule has 0 amide bonds. The molecule has 6 nitrogen and oxygen atoms in total. The van der Waals surface area contributed by atoms with Crippen LogP contribution in [0.1, 0.15) is 48.0 Å². The Morgan fingerprint density at radius 2 is 1.67 bits per heavy atom. The highest BCUT2D eigenvalue weighted by Gasteiger charge is 2.19. The number of hydrogen-bond acceptors (Lipinski definition) is 6. The van der Waals surface area contributed by atoms with Crippen molar-refractivity contribution in [1.82, 2.24) is 15.3 Å². The average molecular weight is 370 g/mol. The molecule has 6 heteroatoms. The molecule has 0 aliphatic heterocycles. The summed E-state index contributed by atoms with van der Waals surface area (Å²) in [7, 11) is 0. The molecular weight excluding hydrogens is 340 g/mol. The van der Waals surface area contributed by atoms with E-state index in [1.165, 1.54) is 17.5 Å². The smallest absolute Gasteiger partial charge is 0.343 e. The number of carbonyl (C=O) groups excluding carboxylic acids is 1. The van der Waals surface area contributed by atoms with Gasteiger partial charge in [0.15, 0.2) is 0 Å². The molecule has 0 radical (unpaired) electrons. The number of nitrogens with one attached hydrogen (secondary N) is 2. The van der Waals surface area contributed by atoms with Crippen molar-refractivity contribution in [3.05, 3.63) is 53.0 Å². The summed E-state index contributed by atoms with van der Waals surface area (Å²) >= 11 is 0. The number of rotatable bonds is 11. The van der Waals surface area contributed by atoms with Crippen molar-refractivity contribution in [1.29, 1.82) is 0 Å². The maximum atomic E-state index is 12.3. The molecule has 2 rings (SSSR count). The first kappa shape index (κ1) is 20.8. The number of hydrogen-bond donors (Lipinski definition) is 2. The number of esters is 1. The van der Waals surface area contributed by atoms with Crippen molar-refractivity contribution >= 4 is 11.8 Å². The number of likely N-dealkylation sites (N-methyl/N-ethyl adjacent to an activating group) is 1. The van der Waals surface area contributed by atoms with E-state index in [9.17, 15) is 4.79 Å². The predicted molar refractivity (Wildman–Crippen MR) is 108 cm³/mol. The van der Waals surface area contributed by atoms with E-state index < -0.39 is 0 Å². The zero-order valence-electron chi connectivity index (χ0n) is 16.5. The van der Waals surface area contributed by atoms with Gasteiger partial charge in [-0.3, -0.25) is 0 Å². The van der Waals surface area contributed by atoms with Crippen molar-refractivity contribution in [3.8, 4) is 0 Å². The number of aryl methyl sites for hydroxylation is 1. The lowest BCUT2D eigenvalue weighted by atomic mass is 10.1. The van der Waals surface area contributed by atoms with Crippen LogP contribution in [0.5, 0.6) is 0 Å². The number of aromatic nitrogens is 2. The number of nitrogens with zero attached hydrogens (tertiary/aromatic N) is 2. The van der Waals surface area contributed by atoms with Crippen LogP contribution in [0.2, 0.25) is 0 Å². The first-order valence-electron chi connectivity index (χ1n) is 9.72. The minimum Gasteiger partial charge on any atom is -0.462 e. The lowest BCUT2D eigenvalue weighted by molar-refractivity contribution is 0.0525. The second kappa shape index (κ2) is 11.3. The van der Waals surface area contributed by atoms with E-state index in [0.717, 1.165) is 25.9 Å². The number of benzene rings is 1. The Morgan fingerprint density at radius 3 is 2.26 bits per heavy atom.